The molecule has 0 amide bonds. The van der Waals surface area contributed by atoms with Crippen molar-refractivity contribution in [2.75, 3.05) is 0 Å². The fraction of sp³-hybridized carbons (Fsp3) is 0. The van der Waals surface area contributed by atoms with Crippen LogP contribution in [0.15, 0.2) is 54.9 Å². The highest BCUT2D eigenvalue weighted by Gasteiger charge is 2.09. The molecule has 0 spiro atoms. The van der Waals surface area contributed by atoms with Gasteiger partial charge in [-0.15, -0.1) is 0 Å². The largest absolute Gasteiger partial charge is 0.478 e. The lowest BCUT2D eigenvalue weighted by Crippen LogP contribution is -2.08. The summed E-state index contributed by atoms with van der Waals surface area (Å²) in [5.41, 5.74) is 0.791. The first-order valence-electron chi connectivity index (χ1n) is 5.22. The van der Waals surface area contributed by atoms with Crippen molar-refractivity contribution < 1.29 is 14.7 Å². The molecule has 0 atom stereocenters. The average molecular weight is 242 g/mol. The number of aromatic nitrogens is 2. The smallest absolute Gasteiger partial charge is 0.328 e. The molecule has 2 rings (SSSR count). The Labute approximate surface area is 103 Å². The SMILES string of the molecule is O=C(O)/C=C/C(=O)n1ccnc1-c1ccccc1. The number of benzene rings is 1. The van der Waals surface area contributed by atoms with Gasteiger partial charge in [-0.3, -0.25) is 9.36 Å². The van der Waals surface area contributed by atoms with E-state index in [-0.39, 0.29) is 0 Å². The third-order valence-electron chi connectivity index (χ3n) is 2.28. The van der Waals surface area contributed by atoms with E-state index >= 15 is 0 Å². The van der Waals surface area contributed by atoms with Crippen LogP contribution < -0.4 is 0 Å². The lowest BCUT2D eigenvalue weighted by atomic mass is 10.2. The molecule has 5 nitrogen and oxygen atoms in total. The molecule has 1 aromatic carbocycles. The number of carbonyl (C=O) groups is 2. The summed E-state index contributed by atoms with van der Waals surface area (Å²) < 4.78 is 1.30. The molecule has 1 N–H and O–H groups in total. The molecule has 0 aliphatic heterocycles. The number of hydrogen-bond acceptors (Lipinski definition) is 3. The second-order valence-electron chi connectivity index (χ2n) is 3.50. The van der Waals surface area contributed by atoms with Crippen LogP contribution in [0.25, 0.3) is 11.4 Å². The highest BCUT2D eigenvalue weighted by atomic mass is 16.4. The molecule has 0 aliphatic carbocycles. The summed E-state index contributed by atoms with van der Waals surface area (Å²) in [6, 6.07) is 9.20. The summed E-state index contributed by atoms with van der Waals surface area (Å²) in [7, 11) is 0. The number of imidazole rings is 1. The molecule has 0 unspecified atom stereocenters. The summed E-state index contributed by atoms with van der Waals surface area (Å²) in [5.74, 6) is -1.13. The first-order valence-corrected chi connectivity index (χ1v) is 5.22. The third kappa shape index (κ3) is 2.52. The molecule has 18 heavy (non-hydrogen) atoms. The van der Waals surface area contributed by atoms with E-state index in [2.05, 4.69) is 4.98 Å². The van der Waals surface area contributed by atoms with Gasteiger partial charge in [-0.25, -0.2) is 9.78 Å². The molecular formula is C13H10N2O3. The number of carboxylic acid groups (broad SMARTS) is 1. The molecule has 5 heteroatoms. The summed E-state index contributed by atoms with van der Waals surface area (Å²) in [4.78, 5) is 26.2. The van der Waals surface area contributed by atoms with Gasteiger partial charge in [0.05, 0.1) is 0 Å². The quantitative estimate of drug-likeness (QED) is 0.833. The summed E-state index contributed by atoms with van der Waals surface area (Å²) in [6.45, 7) is 0. The van der Waals surface area contributed by atoms with Gasteiger partial charge in [0.2, 0.25) is 0 Å². The fourth-order valence-electron chi connectivity index (χ4n) is 1.50. The number of carboxylic acids is 1. The Morgan fingerprint density at radius 1 is 1.17 bits per heavy atom. The highest BCUT2D eigenvalue weighted by molar-refractivity contribution is 5.97. The lowest BCUT2D eigenvalue weighted by molar-refractivity contribution is -0.131. The van der Waals surface area contributed by atoms with Gasteiger partial charge in [0, 0.05) is 30.1 Å². The Hall–Kier alpha value is -2.69. The van der Waals surface area contributed by atoms with Crippen LogP contribution in [0.5, 0.6) is 0 Å². The molecule has 2 aromatic rings. The number of allylic oxidation sites excluding steroid dienone is 1. The van der Waals surface area contributed by atoms with Crippen LogP contribution in [-0.4, -0.2) is 26.5 Å². The minimum atomic E-state index is -1.16. The maximum absolute atomic E-state index is 11.8. The van der Waals surface area contributed by atoms with Gasteiger partial charge in [-0.2, -0.15) is 0 Å². The fourth-order valence-corrected chi connectivity index (χ4v) is 1.50. The zero-order valence-electron chi connectivity index (χ0n) is 9.35. The van der Waals surface area contributed by atoms with Crippen LogP contribution in [0.3, 0.4) is 0 Å². The number of nitrogens with zero attached hydrogens (tertiary/aromatic N) is 2. The van der Waals surface area contributed by atoms with Crippen molar-refractivity contribution in [1.82, 2.24) is 9.55 Å². The number of hydrogen-bond donors (Lipinski definition) is 1. The monoisotopic (exact) mass is 242 g/mol. The van der Waals surface area contributed by atoms with Crippen LogP contribution in [0.2, 0.25) is 0 Å². The van der Waals surface area contributed by atoms with Crippen molar-refractivity contribution in [3.63, 3.8) is 0 Å². The number of rotatable bonds is 3. The molecule has 1 heterocycles. The lowest BCUT2D eigenvalue weighted by Gasteiger charge is -2.03. The second kappa shape index (κ2) is 5.09. The molecule has 0 radical (unpaired) electrons. The highest BCUT2D eigenvalue weighted by Crippen LogP contribution is 2.16. The second-order valence-corrected chi connectivity index (χ2v) is 3.50. The maximum atomic E-state index is 11.8. The first-order chi connectivity index (χ1) is 8.68. The minimum Gasteiger partial charge on any atom is -0.478 e. The summed E-state index contributed by atoms with van der Waals surface area (Å²) in [6.07, 6.45) is 4.79. The molecule has 0 aliphatic rings. The third-order valence-corrected chi connectivity index (χ3v) is 2.28. The van der Waals surface area contributed by atoms with Gasteiger partial charge in [-0.05, 0) is 0 Å². The number of carbonyl (C=O) groups excluding carboxylic acids is 1. The zero-order chi connectivity index (χ0) is 13.0. The van der Waals surface area contributed by atoms with Gasteiger partial charge < -0.3 is 5.11 Å². The van der Waals surface area contributed by atoms with Crippen molar-refractivity contribution >= 4 is 11.9 Å². The van der Waals surface area contributed by atoms with Crippen molar-refractivity contribution in [2.24, 2.45) is 0 Å². The van der Waals surface area contributed by atoms with Crippen molar-refractivity contribution in [1.29, 1.82) is 0 Å². The Morgan fingerprint density at radius 3 is 2.56 bits per heavy atom. The normalized spacial score (nSPS) is 10.7. The molecule has 0 bridgehead atoms. The van der Waals surface area contributed by atoms with Gasteiger partial charge in [0.25, 0.3) is 5.91 Å². The van der Waals surface area contributed by atoms with E-state index in [0.717, 1.165) is 17.7 Å². The van der Waals surface area contributed by atoms with E-state index in [1.165, 1.54) is 17.0 Å². The molecular weight excluding hydrogens is 232 g/mol. The number of aliphatic carboxylic acids is 1. The molecule has 90 valence electrons. The standard InChI is InChI=1S/C13H10N2O3/c16-11(6-7-12(17)18)15-9-8-14-13(15)10-4-2-1-3-5-10/h1-9H,(H,17,18)/b7-6+. The van der Waals surface area contributed by atoms with Gasteiger partial charge >= 0.3 is 5.97 Å². The Kier molecular flexibility index (Phi) is 3.33. The Bertz CT molecular complexity index is 600. The van der Waals surface area contributed by atoms with Gasteiger partial charge in [-0.1, -0.05) is 30.3 Å². The van der Waals surface area contributed by atoms with Crippen molar-refractivity contribution in [3.05, 3.63) is 54.9 Å². The summed E-state index contributed by atoms with van der Waals surface area (Å²) in [5, 5.41) is 8.48. The molecule has 0 saturated carbocycles. The predicted octanol–water partition coefficient (Wildman–Crippen LogP) is 1.83. The first kappa shape index (κ1) is 11.8. The van der Waals surface area contributed by atoms with Crippen LogP contribution in [0.4, 0.5) is 0 Å². The molecule has 0 saturated heterocycles. The van der Waals surface area contributed by atoms with E-state index in [1.807, 2.05) is 30.3 Å². The van der Waals surface area contributed by atoms with Gasteiger partial charge in [0.15, 0.2) is 0 Å². The topological polar surface area (TPSA) is 72.2 Å². The molecule has 0 fully saturated rings. The van der Waals surface area contributed by atoms with Crippen LogP contribution in [0, 0.1) is 0 Å². The Morgan fingerprint density at radius 2 is 1.89 bits per heavy atom. The maximum Gasteiger partial charge on any atom is 0.328 e. The molecule has 1 aromatic heterocycles. The van der Waals surface area contributed by atoms with Crippen molar-refractivity contribution in [2.45, 2.75) is 0 Å². The van der Waals surface area contributed by atoms with Crippen LogP contribution >= 0.6 is 0 Å². The zero-order valence-corrected chi connectivity index (χ0v) is 9.35. The van der Waals surface area contributed by atoms with Crippen LogP contribution in [0.1, 0.15) is 4.79 Å². The van der Waals surface area contributed by atoms with Gasteiger partial charge in [0.1, 0.15) is 5.82 Å². The van der Waals surface area contributed by atoms with Crippen LogP contribution in [-0.2, 0) is 4.79 Å². The van der Waals surface area contributed by atoms with E-state index in [4.69, 9.17) is 5.11 Å². The van der Waals surface area contributed by atoms with Crippen molar-refractivity contribution in [3.8, 4) is 11.4 Å². The Balaban J connectivity index is 2.34. The minimum absolute atomic E-state index is 0.450. The average Bonchev–Trinajstić information content (AvgIpc) is 2.86. The van der Waals surface area contributed by atoms with E-state index in [1.54, 1.807) is 0 Å². The van der Waals surface area contributed by atoms with E-state index < -0.39 is 11.9 Å². The predicted molar refractivity (Wildman–Crippen MR) is 65.1 cm³/mol. The van der Waals surface area contributed by atoms with E-state index in [0.29, 0.717) is 5.82 Å². The summed E-state index contributed by atoms with van der Waals surface area (Å²) >= 11 is 0. The van der Waals surface area contributed by atoms with E-state index in [9.17, 15) is 9.59 Å².